The first-order chi connectivity index (χ1) is 16.0. The van der Waals surface area contributed by atoms with Crippen molar-refractivity contribution in [1.82, 2.24) is 9.88 Å². The Morgan fingerprint density at radius 1 is 1.00 bits per heavy atom. The van der Waals surface area contributed by atoms with Gasteiger partial charge in [0.05, 0.1) is 18.2 Å². The minimum absolute atomic E-state index is 0.0759. The molecule has 2 heterocycles. The topological polar surface area (TPSA) is 79.7 Å². The van der Waals surface area contributed by atoms with Crippen molar-refractivity contribution in [2.24, 2.45) is 0 Å². The molecular weight excluding hydrogens is 416 g/mol. The molecular formula is C27H26N2O4. The van der Waals surface area contributed by atoms with Crippen LogP contribution in [-0.4, -0.2) is 33.3 Å². The van der Waals surface area contributed by atoms with Gasteiger partial charge in [0.2, 0.25) is 0 Å². The maximum absolute atomic E-state index is 13.2. The van der Waals surface area contributed by atoms with Crippen molar-refractivity contribution in [1.29, 1.82) is 0 Å². The average molecular weight is 443 g/mol. The number of carbonyl (C=O) groups excluding carboxylic acids is 2. The summed E-state index contributed by atoms with van der Waals surface area (Å²) >= 11 is 0. The van der Waals surface area contributed by atoms with E-state index >= 15 is 0 Å². The molecule has 3 aromatic rings. The summed E-state index contributed by atoms with van der Waals surface area (Å²) in [5, 5.41) is 11.2. The zero-order chi connectivity index (χ0) is 23.4. The van der Waals surface area contributed by atoms with Crippen molar-refractivity contribution in [2.45, 2.75) is 32.9 Å². The van der Waals surface area contributed by atoms with Crippen molar-refractivity contribution in [3.63, 3.8) is 0 Å². The van der Waals surface area contributed by atoms with Gasteiger partial charge in [0, 0.05) is 24.5 Å². The molecule has 1 aliphatic rings. The number of benzene rings is 2. The molecule has 4 rings (SSSR count). The number of aliphatic hydroxyl groups is 1. The Kier molecular flexibility index (Phi) is 6.54. The third-order valence-electron chi connectivity index (χ3n) is 5.76. The van der Waals surface area contributed by atoms with Gasteiger partial charge in [0.1, 0.15) is 11.5 Å². The number of hydrogen-bond acceptors (Lipinski definition) is 5. The van der Waals surface area contributed by atoms with Gasteiger partial charge < -0.3 is 14.7 Å². The number of nitrogens with zero attached hydrogens (tertiary/aromatic N) is 2. The smallest absolute Gasteiger partial charge is 0.295 e. The van der Waals surface area contributed by atoms with E-state index in [-0.39, 0.29) is 17.9 Å². The number of ketones is 1. The van der Waals surface area contributed by atoms with Crippen LogP contribution >= 0.6 is 0 Å². The minimum Gasteiger partial charge on any atom is -0.507 e. The highest BCUT2D eigenvalue weighted by atomic mass is 16.5. The van der Waals surface area contributed by atoms with Crippen molar-refractivity contribution < 1.29 is 19.4 Å². The molecule has 33 heavy (non-hydrogen) atoms. The lowest BCUT2D eigenvalue weighted by molar-refractivity contribution is -0.140. The number of pyridine rings is 1. The number of aliphatic hydroxyl groups excluding tert-OH is 1. The molecule has 1 atom stereocenters. The number of aryl methyl sites for hydroxylation is 1. The largest absolute Gasteiger partial charge is 0.507 e. The third kappa shape index (κ3) is 4.51. The quantitative estimate of drug-likeness (QED) is 0.327. The fraction of sp³-hybridized carbons (Fsp3) is 0.222. The molecule has 1 aromatic heterocycles. The Labute approximate surface area is 193 Å². The SMILES string of the molecule is CCOc1cccc(C(O)=C2C(=O)C(=O)N(Cc3ccncc3)C2c2ccc(CC)cc2)c1. The fourth-order valence-electron chi connectivity index (χ4n) is 4.07. The van der Waals surface area contributed by atoms with Crippen LogP contribution < -0.4 is 4.74 Å². The summed E-state index contributed by atoms with van der Waals surface area (Å²) in [6.45, 7) is 4.64. The second-order valence-corrected chi connectivity index (χ2v) is 7.84. The number of Topliss-reactive ketones (excluding diaryl/α,β-unsaturated/α-hetero) is 1. The van der Waals surface area contributed by atoms with Gasteiger partial charge in [0.25, 0.3) is 11.7 Å². The number of hydrogen-bond donors (Lipinski definition) is 1. The molecule has 0 radical (unpaired) electrons. The number of amides is 1. The van der Waals surface area contributed by atoms with Gasteiger partial charge in [-0.3, -0.25) is 14.6 Å². The zero-order valence-corrected chi connectivity index (χ0v) is 18.7. The van der Waals surface area contributed by atoms with Gasteiger partial charge in [-0.25, -0.2) is 0 Å². The first kappa shape index (κ1) is 22.3. The Bertz CT molecular complexity index is 1190. The van der Waals surface area contributed by atoms with Crippen molar-refractivity contribution >= 4 is 17.4 Å². The predicted molar refractivity (Wildman–Crippen MR) is 126 cm³/mol. The molecule has 0 bridgehead atoms. The van der Waals surface area contributed by atoms with E-state index in [1.54, 1.807) is 36.7 Å². The van der Waals surface area contributed by atoms with Gasteiger partial charge in [-0.1, -0.05) is 43.3 Å². The predicted octanol–water partition coefficient (Wildman–Crippen LogP) is 4.66. The van der Waals surface area contributed by atoms with Crippen LogP contribution in [0.5, 0.6) is 5.75 Å². The molecule has 6 heteroatoms. The van der Waals surface area contributed by atoms with E-state index in [1.165, 1.54) is 4.90 Å². The highest BCUT2D eigenvalue weighted by molar-refractivity contribution is 6.46. The summed E-state index contributed by atoms with van der Waals surface area (Å²) in [4.78, 5) is 31.8. The van der Waals surface area contributed by atoms with E-state index in [4.69, 9.17) is 4.74 Å². The van der Waals surface area contributed by atoms with Crippen LogP contribution in [0.3, 0.4) is 0 Å². The van der Waals surface area contributed by atoms with Crippen LogP contribution in [-0.2, 0) is 22.6 Å². The summed E-state index contributed by atoms with van der Waals surface area (Å²) in [6, 6.07) is 17.6. The first-order valence-electron chi connectivity index (χ1n) is 11.0. The van der Waals surface area contributed by atoms with E-state index < -0.39 is 17.7 Å². The number of rotatable bonds is 7. The second-order valence-electron chi connectivity index (χ2n) is 7.84. The molecule has 0 saturated carbocycles. The molecule has 6 nitrogen and oxygen atoms in total. The van der Waals surface area contributed by atoms with Crippen molar-refractivity contribution in [2.75, 3.05) is 6.61 Å². The molecule has 1 fully saturated rings. The van der Waals surface area contributed by atoms with Gasteiger partial charge in [-0.05, 0) is 54.3 Å². The molecule has 2 aromatic carbocycles. The Morgan fingerprint density at radius 3 is 2.39 bits per heavy atom. The average Bonchev–Trinajstić information content (AvgIpc) is 3.09. The third-order valence-corrected chi connectivity index (χ3v) is 5.76. The maximum atomic E-state index is 13.2. The van der Waals surface area contributed by atoms with Gasteiger partial charge in [0.15, 0.2) is 0 Å². The standard InChI is InChI=1S/C27H26N2O4/c1-3-18-8-10-20(11-9-18)24-23(25(30)21-6-5-7-22(16-21)33-4-2)26(31)27(32)29(24)17-19-12-14-28-15-13-19/h5-16,24,30H,3-4,17H2,1-2H3. The summed E-state index contributed by atoms with van der Waals surface area (Å²) in [5.41, 5.74) is 3.27. The van der Waals surface area contributed by atoms with Crippen molar-refractivity contribution in [3.8, 4) is 5.75 Å². The molecule has 1 aliphatic heterocycles. The molecule has 0 spiro atoms. The van der Waals surface area contributed by atoms with E-state index in [0.717, 1.165) is 23.1 Å². The lowest BCUT2D eigenvalue weighted by Crippen LogP contribution is -2.29. The zero-order valence-electron chi connectivity index (χ0n) is 18.7. The summed E-state index contributed by atoms with van der Waals surface area (Å²) in [5.74, 6) is -0.972. The number of aromatic nitrogens is 1. The van der Waals surface area contributed by atoms with E-state index in [2.05, 4.69) is 11.9 Å². The van der Waals surface area contributed by atoms with Crippen LogP contribution in [0.2, 0.25) is 0 Å². The first-order valence-corrected chi connectivity index (χ1v) is 11.0. The van der Waals surface area contributed by atoms with Crippen LogP contribution in [0.4, 0.5) is 0 Å². The molecule has 168 valence electrons. The van der Waals surface area contributed by atoms with E-state index in [0.29, 0.717) is 17.9 Å². The van der Waals surface area contributed by atoms with Crippen LogP contribution in [0.1, 0.15) is 42.1 Å². The van der Waals surface area contributed by atoms with E-state index in [1.807, 2.05) is 43.3 Å². The molecule has 0 aliphatic carbocycles. The number of ether oxygens (including phenoxy) is 1. The number of likely N-dealkylation sites (tertiary alicyclic amines) is 1. The van der Waals surface area contributed by atoms with Crippen LogP contribution in [0, 0.1) is 0 Å². The van der Waals surface area contributed by atoms with Gasteiger partial charge >= 0.3 is 0 Å². The lowest BCUT2D eigenvalue weighted by atomic mass is 9.94. The molecule has 1 amide bonds. The van der Waals surface area contributed by atoms with Gasteiger partial charge in [-0.15, -0.1) is 0 Å². The van der Waals surface area contributed by atoms with Gasteiger partial charge in [-0.2, -0.15) is 0 Å². The lowest BCUT2D eigenvalue weighted by Gasteiger charge is -2.25. The van der Waals surface area contributed by atoms with E-state index in [9.17, 15) is 14.7 Å². The Morgan fingerprint density at radius 2 is 1.73 bits per heavy atom. The van der Waals surface area contributed by atoms with Crippen LogP contribution in [0.15, 0.2) is 78.6 Å². The second kappa shape index (κ2) is 9.69. The Hall–Kier alpha value is -3.93. The summed E-state index contributed by atoms with van der Waals surface area (Å²) in [6.07, 6.45) is 4.17. The highest BCUT2D eigenvalue weighted by Gasteiger charge is 2.46. The molecule has 1 saturated heterocycles. The highest BCUT2D eigenvalue weighted by Crippen LogP contribution is 2.40. The fourth-order valence-corrected chi connectivity index (χ4v) is 4.07. The monoisotopic (exact) mass is 442 g/mol. The maximum Gasteiger partial charge on any atom is 0.295 e. The summed E-state index contributed by atoms with van der Waals surface area (Å²) in [7, 11) is 0. The molecule has 1 unspecified atom stereocenters. The summed E-state index contributed by atoms with van der Waals surface area (Å²) < 4.78 is 5.54. The van der Waals surface area contributed by atoms with Crippen molar-refractivity contribution in [3.05, 3.63) is 101 Å². The molecule has 1 N–H and O–H groups in total. The normalized spacial score (nSPS) is 17.4. The number of carbonyl (C=O) groups is 2. The minimum atomic E-state index is -0.708. The Balaban J connectivity index is 1.84. The van der Waals surface area contributed by atoms with Crippen LogP contribution in [0.25, 0.3) is 5.76 Å².